The van der Waals surface area contributed by atoms with Crippen molar-refractivity contribution in [2.24, 2.45) is 0 Å². The Bertz CT molecular complexity index is 1300. The molecule has 0 fully saturated rings. The number of benzene rings is 2. The lowest BCUT2D eigenvalue weighted by atomic mass is 10.2. The third kappa shape index (κ3) is 4.66. The standard InChI is InChI=1S/C22H27N5O4S/c1-5-27(6-2)32(30,31)16-11-12-20(25(3)4)19(13-16)24-21(28)14-26-15-23-18-10-8-7-9-17(18)22(26)29/h7-13,15H,5-6,14H2,1-4H3,(H,24,28). The van der Waals surface area contributed by atoms with E-state index in [0.29, 0.717) is 35.4 Å². The van der Waals surface area contributed by atoms with Crippen molar-refractivity contribution >= 4 is 38.2 Å². The van der Waals surface area contributed by atoms with Gasteiger partial charge < -0.3 is 10.2 Å². The molecule has 32 heavy (non-hydrogen) atoms. The number of hydrogen-bond donors (Lipinski definition) is 1. The van der Waals surface area contributed by atoms with Crippen LogP contribution in [0.2, 0.25) is 0 Å². The minimum atomic E-state index is -3.69. The highest BCUT2D eigenvalue weighted by Crippen LogP contribution is 2.29. The quantitative estimate of drug-likeness (QED) is 0.556. The molecule has 10 heteroatoms. The van der Waals surface area contributed by atoms with E-state index < -0.39 is 15.9 Å². The minimum absolute atomic E-state index is 0.0895. The Morgan fingerprint density at radius 2 is 1.78 bits per heavy atom. The van der Waals surface area contributed by atoms with Crippen molar-refractivity contribution in [2.75, 3.05) is 37.4 Å². The van der Waals surface area contributed by atoms with Crippen LogP contribution in [0, 0.1) is 0 Å². The van der Waals surface area contributed by atoms with Crippen molar-refractivity contribution in [3.05, 3.63) is 59.1 Å². The predicted octanol–water partition coefficient (Wildman–Crippen LogP) is 2.13. The number of fused-ring (bicyclic) bond motifs is 1. The number of para-hydroxylation sites is 1. The van der Waals surface area contributed by atoms with Gasteiger partial charge in [-0.2, -0.15) is 4.31 Å². The molecule has 1 amide bonds. The number of nitrogens with zero attached hydrogens (tertiary/aromatic N) is 4. The van der Waals surface area contributed by atoms with Crippen molar-refractivity contribution < 1.29 is 13.2 Å². The van der Waals surface area contributed by atoms with Crippen LogP contribution in [-0.2, 0) is 21.4 Å². The molecule has 3 rings (SSSR count). The molecule has 0 saturated heterocycles. The van der Waals surface area contributed by atoms with E-state index in [9.17, 15) is 18.0 Å². The Balaban J connectivity index is 1.93. The van der Waals surface area contributed by atoms with Crippen LogP contribution in [0.3, 0.4) is 0 Å². The second kappa shape index (κ2) is 9.49. The summed E-state index contributed by atoms with van der Waals surface area (Å²) in [6.07, 6.45) is 1.33. The fourth-order valence-electron chi connectivity index (χ4n) is 3.44. The molecule has 2 aromatic carbocycles. The summed E-state index contributed by atoms with van der Waals surface area (Å²) in [7, 11) is -0.108. The van der Waals surface area contributed by atoms with Crippen LogP contribution < -0.4 is 15.8 Å². The first kappa shape index (κ1) is 23.4. The maximum atomic E-state index is 12.9. The van der Waals surface area contributed by atoms with Crippen molar-refractivity contribution in [1.29, 1.82) is 0 Å². The van der Waals surface area contributed by atoms with Gasteiger partial charge in [-0.15, -0.1) is 0 Å². The van der Waals surface area contributed by atoms with E-state index in [1.807, 2.05) is 0 Å². The number of hydrogen-bond acceptors (Lipinski definition) is 6. The van der Waals surface area contributed by atoms with Gasteiger partial charge in [-0.1, -0.05) is 26.0 Å². The molecule has 0 aliphatic heterocycles. The van der Waals surface area contributed by atoms with E-state index in [-0.39, 0.29) is 17.0 Å². The van der Waals surface area contributed by atoms with Gasteiger partial charge in [0, 0.05) is 27.2 Å². The van der Waals surface area contributed by atoms with Gasteiger partial charge in [0.15, 0.2) is 0 Å². The second-order valence-electron chi connectivity index (χ2n) is 7.41. The zero-order valence-corrected chi connectivity index (χ0v) is 19.4. The molecule has 0 atom stereocenters. The smallest absolute Gasteiger partial charge is 0.261 e. The minimum Gasteiger partial charge on any atom is -0.376 e. The second-order valence-corrected chi connectivity index (χ2v) is 9.34. The van der Waals surface area contributed by atoms with E-state index in [4.69, 9.17) is 0 Å². The fourth-order valence-corrected chi connectivity index (χ4v) is 4.93. The van der Waals surface area contributed by atoms with E-state index in [0.717, 1.165) is 0 Å². The van der Waals surface area contributed by atoms with Crippen LogP contribution in [0.15, 0.2) is 58.5 Å². The normalized spacial score (nSPS) is 11.7. The Hall–Kier alpha value is -3.24. The summed E-state index contributed by atoms with van der Waals surface area (Å²) >= 11 is 0. The largest absolute Gasteiger partial charge is 0.376 e. The summed E-state index contributed by atoms with van der Waals surface area (Å²) < 4.78 is 28.4. The van der Waals surface area contributed by atoms with Gasteiger partial charge in [-0.3, -0.25) is 14.2 Å². The summed E-state index contributed by atoms with van der Waals surface area (Å²) in [6, 6.07) is 11.5. The maximum absolute atomic E-state index is 12.9. The molecule has 1 N–H and O–H groups in total. The average Bonchev–Trinajstić information content (AvgIpc) is 2.76. The number of rotatable bonds is 8. The predicted molar refractivity (Wildman–Crippen MR) is 126 cm³/mol. The number of anilines is 2. The van der Waals surface area contributed by atoms with Crippen molar-refractivity contribution in [3.8, 4) is 0 Å². The van der Waals surface area contributed by atoms with Crippen LogP contribution in [0.1, 0.15) is 13.8 Å². The highest BCUT2D eigenvalue weighted by Gasteiger charge is 2.23. The number of carbonyl (C=O) groups is 1. The monoisotopic (exact) mass is 457 g/mol. The summed E-state index contributed by atoms with van der Waals surface area (Å²) in [6.45, 7) is 3.97. The van der Waals surface area contributed by atoms with E-state index >= 15 is 0 Å². The third-order valence-corrected chi connectivity index (χ3v) is 7.16. The number of sulfonamides is 1. The highest BCUT2D eigenvalue weighted by atomic mass is 32.2. The van der Waals surface area contributed by atoms with Gasteiger partial charge >= 0.3 is 0 Å². The first-order valence-electron chi connectivity index (χ1n) is 10.2. The van der Waals surface area contributed by atoms with Gasteiger partial charge in [0.05, 0.1) is 33.5 Å². The van der Waals surface area contributed by atoms with Gasteiger partial charge in [0.2, 0.25) is 15.9 Å². The molecule has 0 radical (unpaired) electrons. The van der Waals surface area contributed by atoms with Gasteiger partial charge in [0.1, 0.15) is 6.54 Å². The van der Waals surface area contributed by atoms with Crippen molar-refractivity contribution in [2.45, 2.75) is 25.3 Å². The average molecular weight is 458 g/mol. The summed E-state index contributed by atoms with van der Waals surface area (Å²) in [5.41, 5.74) is 1.21. The topological polar surface area (TPSA) is 105 Å². The van der Waals surface area contributed by atoms with E-state index in [1.54, 1.807) is 63.2 Å². The van der Waals surface area contributed by atoms with Crippen molar-refractivity contribution in [1.82, 2.24) is 13.9 Å². The third-order valence-electron chi connectivity index (χ3n) is 5.11. The Morgan fingerprint density at radius 3 is 2.44 bits per heavy atom. The number of carbonyl (C=O) groups excluding carboxylic acids is 1. The maximum Gasteiger partial charge on any atom is 0.261 e. The zero-order valence-electron chi connectivity index (χ0n) is 18.6. The summed E-state index contributed by atoms with van der Waals surface area (Å²) in [5, 5.41) is 3.17. The van der Waals surface area contributed by atoms with Crippen LogP contribution in [-0.4, -0.2) is 55.4 Å². The molecule has 0 saturated carbocycles. The molecule has 1 aromatic heterocycles. The molecule has 0 bridgehead atoms. The lowest BCUT2D eigenvalue weighted by molar-refractivity contribution is -0.116. The van der Waals surface area contributed by atoms with E-state index in [1.165, 1.54) is 27.3 Å². The molecule has 0 aliphatic carbocycles. The Kier molecular flexibility index (Phi) is 6.95. The molecular weight excluding hydrogens is 430 g/mol. The Morgan fingerprint density at radius 1 is 1.09 bits per heavy atom. The number of nitrogens with one attached hydrogen (secondary N) is 1. The summed E-state index contributed by atoms with van der Waals surface area (Å²) in [5.74, 6) is -0.468. The van der Waals surface area contributed by atoms with Crippen molar-refractivity contribution in [3.63, 3.8) is 0 Å². The first-order chi connectivity index (χ1) is 15.2. The lowest BCUT2D eigenvalue weighted by Crippen LogP contribution is -2.31. The van der Waals surface area contributed by atoms with Gasteiger partial charge in [0.25, 0.3) is 5.56 Å². The van der Waals surface area contributed by atoms with E-state index in [2.05, 4.69) is 10.3 Å². The molecule has 3 aromatic rings. The van der Waals surface area contributed by atoms with Crippen LogP contribution >= 0.6 is 0 Å². The SMILES string of the molecule is CCN(CC)S(=O)(=O)c1ccc(N(C)C)c(NC(=O)Cn2cnc3ccccc3c2=O)c1. The Labute approximate surface area is 187 Å². The molecule has 0 unspecified atom stereocenters. The van der Waals surface area contributed by atoms with Crippen LogP contribution in [0.5, 0.6) is 0 Å². The first-order valence-corrected chi connectivity index (χ1v) is 11.7. The molecule has 0 aliphatic rings. The van der Waals surface area contributed by atoms with Gasteiger partial charge in [-0.05, 0) is 30.3 Å². The highest BCUT2D eigenvalue weighted by molar-refractivity contribution is 7.89. The molecular formula is C22H27N5O4S. The van der Waals surface area contributed by atoms with Gasteiger partial charge in [-0.25, -0.2) is 13.4 Å². The molecule has 1 heterocycles. The zero-order chi connectivity index (χ0) is 23.5. The number of aromatic nitrogens is 2. The number of amides is 1. The molecule has 9 nitrogen and oxygen atoms in total. The summed E-state index contributed by atoms with van der Waals surface area (Å²) in [4.78, 5) is 31.5. The molecule has 170 valence electrons. The fraction of sp³-hybridized carbons (Fsp3) is 0.318. The van der Waals surface area contributed by atoms with Crippen LogP contribution in [0.4, 0.5) is 11.4 Å². The lowest BCUT2D eigenvalue weighted by Gasteiger charge is -2.22. The molecule has 0 spiro atoms. The van der Waals surface area contributed by atoms with Crippen LogP contribution in [0.25, 0.3) is 10.9 Å².